The summed E-state index contributed by atoms with van der Waals surface area (Å²) in [6.07, 6.45) is 4.08. The van der Waals surface area contributed by atoms with Crippen molar-refractivity contribution >= 4 is 12.0 Å². The van der Waals surface area contributed by atoms with Crippen LogP contribution in [0.5, 0.6) is 0 Å². The lowest BCUT2D eigenvalue weighted by Crippen LogP contribution is -2.32. The smallest absolute Gasteiger partial charge is 0.244 e. The number of carbonyl (C=O) groups is 1. The van der Waals surface area contributed by atoms with Crippen LogP contribution in [-0.2, 0) is 11.2 Å². The van der Waals surface area contributed by atoms with Crippen LogP contribution >= 0.6 is 0 Å². The zero-order chi connectivity index (χ0) is 14.4. The van der Waals surface area contributed by atoms with Crippen molar-refractivity contribution in [3.8, 4) is 0 Å². The second-order valence-corrected chi connectivity index (χ2v) is 4.90. The maximum atomic E-state index is 11.8. The molecule has 0 radical (unpaired) electrons. The van der Waals surface area contributed by atoms with Crippen LogP contribution in [0.4, 0.5) is 0 Å². The first-order valence-electron chi connectivity index (χ1n) is 6.68. The molecule has 1 heterocycles. The molecule has 0 aliphatic carbocycles. The number of nitrogens with one attached hydrogen (secondary N) is 2. The van der Waals surface area contributed by atoms with Gasteiger partial charge in [0.2, 0.25) is 5.91 Å². The number of nitrogens with zero attached hydrogens (tertiary/aromatic N) is 1. The molecular formula is C16H19N3O. The average molecular weight is 269 g/mol. The molecule has 0 fully saturated rings. The van der Waals surface area contributed by atoms with Gasteiger partial charge in [0, 0.05) is 24.2 Å². The monoisotopic (exact) mass is 269 g/mol. The van der Waals surface area contributed by atoms with E-state index in [1.165, 1.54) is 0 Å². The van der Waals surface area contributed by atoms with E-state index in [1.807, 2.05) is 50.2 Å². The molecule has 2 N–H and O–H groups in total. The fraction of sp³-hybridized carbons (Fsp3) is 0.250. The summed E-state index contributed by atoms with van der Waals surface area (Å²) < 4.78 is 0. The highest BCUT2D eigenvalue weighted by Gasteiger charge is 2.07. The number of carbonyl (C=O) groups excluding carboxylic acids is 1. The highest BCUT2D eigenvalue weighted by Crippen LogP contribution is 2.03. The lowest BCUT2D eigenvalue weighted by atomic mass is 10.1. The number of aromatic amines is 1. The van der Waals surface area contributed by atoms with Crippen LogP contribution in [0.15, 0.2) is 42.5 Å². The zero-order valence-corrected chi connectivity index (χ0v) is 11.8. The Labute approximate surface area is 118 Å². The van der Waals surface area contributed by atoms with Crippen molar-refractivity contribution in [1.82, 2.24) is 15.5 Å². The maximum absolute atomic E-state index is 11.8. The molecule has 2 rings (SSSR count). The molecule has 1 aromatic carbocycles. The largest absolute Gasteiger partial charge is 0.350 e. The van der Waals surface area contributed by atoms with E-state index in [-0.39, 0.29) is 11.9 Å². The Morgan fingerprint density at radius 3 is 2.80 bits per heavy atom. The standard InChI is InChI=1S/C16H19N3O/c1-12(10-15-11-13(2)18-19-15)17-16(20)9-8-14-6-4-3-5-7-14/h3-9,11-12H,10H2,1-2H3,(H,17,20)(H,18,19). The summed E-state index contributed by atoms with van der Waals surface area (Å²) in [6, 6.07) is 11.8. The van der Waals surface area contributed by atoms with Crippen LogP contribution in [0.2, 0.25) is 0 Å². The molecule has 1 aromatic heterocycles. The third-order valence-corrected chi connectivity index (χ3v) is 2.89. The molecule has 0 saturated heterocycles. The van der Waals surface area contributed by atoms with E-state index in [1.54, 1.807) is 12.2 Å². The minimum atomic E-state index is -0.0892. The first-order valence-corrected chi connectivity index (χ1v) is 6.68. The van der Waals surface area contributed by atoms with Crippen molar-refractivity contribution in [2.24, 2.45) is 0 Å². The van der Waals surface area contributed by atoms with E-state index < -0.39 is 0 Å². The number of benzene rings is 1. The molecule has 1 atom stereocenters. The first kappa shape index (κ1) is 14.1. The zero-order valence-electron chi connectivity index (χ0n) is 11.8. The number of amides is 1. The third kappa shape index (κ3) is 4.39. The molecule has 0 spiro atoms. The van der Waals surface area contributed by atoms with Gasteiger partial charge in [0.25, 0.3) is 0 Å². The topological polar surface area (TPSA) is 57.8 Å². The van der Waals surface area contributed by atoms with Crippen LogP contribution in [0.1, 0.15) is 23.9 Å². The highest BCUT2D eigenvalue weighted by molar-refractivity contribution is 5.91. The van der Waals surface area contributed by atoms with E-state index in [0.29, 0.717) is 0 Å². The van der Waals surface area contributed by atoms with Crippen LogP contribution in [0, 0.1) is 6.92 Å². The predicted octanol–water partition coefficient (Wildman–Crippen LogP) is 2.48. The van der Waals surface area contributed by atoms with Crippen molar-refractivity contribution in [2.75, 3.05) is 0 Å². The summed E-state index contributed by atoms with van der Waals surface area (Å²) in [5.41, 5.74) is 3.00. The molecular weight excluding hydrogens is 250 g/mol. The highest BCUT2D eigenvalue weighted by atomic mass is 16.1. The summed E-state index contributed by atoms with van der Waals surface area (Å²) in [7, 11) is 0. The van der Waals surface area contributed by atoms with Gasteiger partial charge in [0.05, 0.1) is 5.69 Å². The Kier molecular flexibility index (Phi) is 4.71. The van der Waals surface area contributed by atoms with E-state index in [2.05, 4.69) is 15.5 Å². The molecule has 0 saturated carbocycles. The lowest BCUT2D eigenvalue weighted by molar-refractivity contribution is -0.117. The summed E-state index contributed by atoms with van der Waals surface area (Å²) in [5, 5.41) is 9.99. The van der Waals surface area contributed by atoms with Gasteiger partial charge >= 0.3 is 0 Å². The van der Waals surface area contributed by atoms with Crippen molar-refractivity contribution in [2.45, 2.75) is 26.3 Å². The van der Waals surface area contributed by atoms with E-state index >= 15 is 0 Å². The first-order chi connectivity index (χ1) is 9.63. The van der Waals surface area contributed by atoms with Crippen LogP contribution in [0.3, 0.4) is 0 Å². The number of aromatic nitrogens is 2. The van der Waals surface area contributed by atoms with Gasteiger partial charge in [-0.2, -0.15) is 5.10 Å². The third-order valence-electron chi connectivity index (χ3n) is 2.89. The molecule has 104 valence electrons. The Morgan fingerprint density at radius 2 is 2.15 bits per heavy atom. The van der Waals surface area contributed by atoms with Crippen molar-refractivity contribution in [1.29, 1.82) is 0 Å². The van der Waals surface area contributed by atoms with E-state index in [4.69, 9.17) is 0 Å². The van der Waals surface area contributed by atoms with Crippen molar-refractivity contribution in [3.05, 3.63) is 59.4 Å². The van der Waals surface area contributed by atoms with Crippen molar-refractivity contribution < 1.29 is 4.79 Å². The van der Waals surface area contributed by atoms with Gasteiger partial charge in [-0.15, -0.1) is 0 Å². The number of hydrogen-bond acceptors (Lipinski definition) is 2. The van der Waals surface area contributed by atoms with E-state index in [9.17, 15) is 4.79 Å². The molecule has 2 aromatic rings. The number of rotatable bonds is 5. The second kappa shape index (κ2) is 6.70. The van der Waals surface area contributed by atoms with Gasteiger partial charge in [-0.05, 0) is 31.6 Å². The number of hydrogen-bond donors (Lipinski definition) is 2. The Hall–Kier alpha value is -2.36. The molecule has 0 aliphatic rings. The van der Waals surface area contributed by atoms with Gasteiger partial charge in [0.1, 0.15) is 0 Å². The van der Waals surface area contributed by atoms with Gasteiger partial charge in [-0.25, -0.2) is 0 Å². The Morgan fingerprint density at radius 1 is 1.40 bits per heavy atom. The van der Waals surface area contributed by atoms with Gasteiger partial charge in [0.15, 0.2) is 0 Å². The van der Waals surface area contributed by atoms with Crippen LogP contribution in [0.25, 0.3) is 6.08 Å². The van der Waals surface area contributed by atoms with Gasteiger partial charge in [-0.1, -0.05) is 30.3 Å². The fourth-order valence-electron chi connectivity index (χ4n) is 1.97. The average Bonchev–Trinajstić information content (AvgIpc) is 2.83. The maximum Gasteiger partial charge on any atom is 0.244 e. The fourth-order valence-corrected chi connectivity index (χ4v) is 1.97. The minimum absolute atomic E-state index is 0.0469. The Bertz CT molecular complexity index is 587. The normalized spacial score (nSPS) is 12.5. The molecule has 20 heavy (non-hydrogen) atoms. The van der Waals surface area contributed by atoms with Gasteiger partial charge in [-0.3, -0.25) is 9.89 Å². The second-order valence-electron chi connectivity index (χ2n) is 4.90. The molecule has 0 bridgehead atoms. The number of H-pyrrole nitrogens is 1. The molecule has 4 nitrogen and oxygen atoms in total. The Balaban J connectivity index is 1.83. The van der Waals surface area contributed by atoms with Crippen molar-refractivity contribution in [3.63, 3.8) is 0 Å². The molecule has 0 aliphatic heterocycles. The lowest BCUT2D eigenvalue weighted by Gasteiger charge is -2.10. The van der Waals surface area contributed by atoms with E-state index in [0.717, 1.165) is 23.4 Å². The van der Waals surface area contributed by atoms with Crippen LogP contribution < -0.4 is 5.32 Å². The quantitative estimate of drug-likeness (QED) is 0.819. The molecule has 1 amide bonds. The number of aryl methyl sites for hydroxylation is 1. The SMILES string of the molecule is Cc1cc(CC(C)NC(=O)C=Cc2ccccc2)n[nH]1. The van der Waals surface area contributed by atoms with Gasteiger partial charge < -0.3 is 5.32 Å². The minimum Gasteiger partial charge on any atom is -0.350 e. The summed E-state index contributed by atoms with van der Waals surface area (Å²) >= 11 is 0. The summed E-state index contributed by atoms with van der Waals surface area (Å²) in [6.45, 7) is 3.93. The van der Waals surface area contributed by atoms with Crippen LogP contribution in [-0.4, -0.2) is 22.1 Å². The summed E-state index contributed by atoms with van der Waals surface area (Å²) in [5.74, 6) is -0.0892. The molecule has 4 heteroatoms. The molecule has 1 unspecified atom stereocenters. The predicted molar refractivity (Wildman–Crippen MR) is 80.1 cm³/mol. The summed E-state index contributed by atoms with van der Waals surface area (Å²) in [4.78, 5) is 11.8.